The first-order valence-electron chi connectivity index (χ1n) is 6.28. The van der Waals surface area contributed by atoms with Crippen LogP contribution in [0.5, 0.6) is 0 Å². The fourth-order valence-corrected chi connectivity index (χ4v) is 5.30. The third-order valence-corrected chi connectivity index (χ3v) is 6.86. The van der Waals surface area contributed by atoms with Crippen LogP contribution in [0.2, 0.25) is 0 Å². The topological polar surface area (TPSA) is 37.4 Å². The lowest BCUT2D eigenvalue weighted by atomic mass is 10.1. The van der Waals surface area contributed by atoms with Gasteiger partial charge in [0.05, 0.1) is 10.8 Å². The number of rotatable bonds is 4. The number of hydrogen-bond donors (Lipinski definition) is 0. The normalized spacial score (nSPS) is 19.8. The third kappa shape index (κ3) is 2.98. The molecule has 3 nitrogen and oxygen atoms in total. The van der Waals surface area contributed by atoms with Crippen molar-refractivity contribution in [3.63, 3.8) is 0 Å². The van der Waals surface area contributed by atoms with Crippen molar-refractivity contribution in [2.75, 3.05) is 18.6 Å². The maximum atomic E-state index is 13.8. The van der Waals surface area contributed by atoms with E-state index < -0.39 is 15.8 Å². The molecule has 1 fully saturated rings. The lowest BCUT2D eigenvalue weighted by Gasteiger charge is -2.23. The van der Waals surface area contributed by atoms with Crippen molar-refractivity contribution in [2.45, 2.75) is 30.2 Å². The lowest BCUT2D eigenvalue weighted by molar-refractivity contribution is 0.394. The average Bonchev–Trinajstić information content (AvgIpc) is 2.94. The number of alkyl halides is 1. The summed E-state index contributed by atoms with van der Waals surface area (Å²) in [5.41, 5.74) is 0.523. The second-order valence-corrected chi connectivity index (χ2v) is 8.30. The largest absolute Gasteiger partial charge is 0.243 e. The van der Waals surface area contributed by atoms with Crippen molar-refractivity contribution < 1.29 is 12.8 Å². The highest BCUT2D eigenvalue weighted by Gasteiger charge is 2.31. The summed E-state index contributed by atoms with van der Waals surface area (Å²) in [5, 5.41) is 0. The Balaban J connectivity index is 2.41. The Kier molecular flexibility index (Phi) is 5.00. The van der Waals surface area contributed by atoms with Gasteiger partial charge in [0.15, 0.2) is 0 Å². The minimum absolute atomic E-state index is 0.00908. The molecule has 1 aromatic carbocycles. The van der Waals surface area contributed by atoms with Gasteiger partial charge in [-0.25, -0.2) is 12.8 Å². The minimum atomic E-state index is -3.60. The second-order valence-electron chi connectivity index (χ2n) is 4.89. The van der Waals surface area contributed by atoms with Gasteiger partial charge in [-0.3, -0.25) is 0 Å². The molecule has 0 radical (unpaired) electrons. The molecule has 1 unspecified atom stereocenters. The molecule has 112 valence electrons. The second kappa shape index (κ2) is 6.22. The van der Waals surface area contributed by atoms with Gasteiger partial charge < -0.3 is 0 Å². The molecule has 0 bridgehead atoms. The van der Waals surface area contributed by atoms with Gasteiger partial charge in [0.2, 0.25) is 10.0 Å². The quantitative estimate of drug-likeness (QED) is 0.793. The fourth-order valence-electron chi connectivity index (χ4n) is 2.22. The maximum absolute atomic E-state index is 13.8. The van der Waals surface area contributed by atoms with Crippen LogP contribution in [0.15, 0.2) is 17.0 Å². The molecule has 0 spiro atoms. The zero-order chi connectivity index (χ0) is 14.9. The number of thioether (sulfide) groups is 1. The lowest BCUT2D eigenvalue weighted by Crippen LogP contribution is -2.37. The Labute approximate surface area is 128 Å². The van der Waals surface area contributed by atoms with Gasteiger partial charge in [-0.2, -0.15) is 16.1 Å². The molecule has 7 heteroatoms. The summed E-state index contributed by atoms with van der Waals surface area (Å²) in [6, 6.07) is 2.72. The van der Waals surface area contributed by atoms with E-state index >= 15 is 0 Å². The molecule has 1 atom stereocenters. The van der Waals surface area contributed by atoms with Crippen LogP contribution in [0.1, 0.15) is 17.5 Å². The molecule has 0 aliphatic carbocycles. The third-order valence-electron chi connectivity index (χ3n) is 3.54. The van der Waals surface area contributed by atoms with Crippen molar-refractivity contribution in [3.05, 3.63) is 29.1 Å². The highest BCUT2D eigenvalue weighted by Crippen LogP contribution is 2.28. The Bertz CT molecular complexity index is 601. The van der Waals surface area contributed by atoms with Gasteiger partial charge >= 0.3 is 0 Å². The van der Waals surface area contributed by atoms with E-state index in [1.807, 2.05) is 0 Å². The van der Waals surface area contributed by atoms with Crippen LogP contribution in [-0.2, 0) is 15.9 Å². The number of hydrogen-bond acceptors (Lipinski definition) is 3. The van der Waals surface area contributed by atoms with E-state index in [9.17, 15) is 12.8 Å². The van der Waals surface area contributed by atoms with E-state index in [1.54, 1.807) is 25.7 Å². The summed E-state index contributed by atoms with van der Waals surface area (Å²) in [5.74, 6) is 1.30. The molecule has 1 aliphatic heterocycles. The van der Waals surface area contributed by atoms with E-state index in [2.05, 4.69) is 0 Å². The molecular weight excluding hydrogens is 321 g/mol. The van der Waals surface area contributed by atoms with Crippen molar-refractivity contribution in [3.8, 4) is 0 Å². The van der Waals surface area contributed by atoms with Gasteiger partial charge in [-0.15, -0.1) is 11.6 Å². The van der Waals surface area contributed by atoms with E-state index in [-0.39, 0.29) is 22.4 Å². The summed E-state index contributed by atoms with van der Waals surface area (Å²) in [6.45, 7) is 1.55. The zero-order valence-corrected chi connectivity index (χ0v) is 13.8. The van der Waals surface area contributed by atoms with Crippen LogP contribution in [-0.4, -0.2) is 37.3 Å². The predicted octanol–water partition coefficient (Wildman–Crippen LogP) is 3.00. The molecule has 1 aromatic rings. The number of nitrogens with zero attached hydrogens (tertiary/aromatic N) is 1. The highest BCUT2D eigenvalue weighted by atomic mass is 35.5. The van der Waals surface area contributed by atoms with Crippen molar-refractivity contribution in [1.82, 2.24) is 4.31 Å². The number of aryl methyl sites for hydroxylation is 1. The molecule has 1 aliphatic rings. The van der Waals surface area contributed by atoms with Gasteiger partial charge in [0, 0.05) is 24.4 Å². The maximum Gasteiger partial charge on any atom is 0.243 e. The first kappa shape index (κ1) is 16.1. The van der Waals surface area contributed by atoms with Crippen molar-refractivity contribution in [2.24, 2.45) is 0 Å². The fraction of sp³-hybridized carbons (Fsp3) is 0.538. The molecule has 1 saturated heterocycles. The molecule has 0 saturated carbocycles. The summed E-state index contributed by atoms with van der Waals surface area (Å²) in [7, 11) is -2.01. The minimum Gasteiger partial charge on any atom is -0.207 e. The van der Waals surface area contributed by atoms with E-state index in [0.717, 1.165) is 17.9 Å². The van der Waals surface area contributed by atoms with Crippen LogP contribution in [0.4, 0.5) is 4.39 Å². The van der Waals surface area contributed by atoms with Crippen LogP contribution in [0.25, 0.3) is 0 Å². The number of benzene rings is 1. The van der Waals surface area contributed by atoms with Crippen LogP contribution < -0.4 is 0 Å². The van der Waals surface area contributed by atoms with Crippen molar-refractivity contribution >= 4 is 33.4 Å². The molecule has 20 heavy (non-hydrogen) atoms. The first-order valence-corrected chi connectivity index (χ1v) is 9.41. The first-order chi connectivity index (χ1) is 9.37. The van der Waals surface area contributed by atoms with Crippen molar-refractivity contribution in [1.29, 1.82) is 0 Å². The summed E-state index contributed by atoms with van der Waals surface area (Å²) < 4.78 is 40.4. The molecular formula is C13H17ClFNO2S2. The monoisotopic (exact) mass is 337 g/mol. The Morgan fingerprint density at radius 1 is 1.50 bits per heavy atom. The smallest absolute Gasteiger partial charge is 0.207 e. The standard InChI is InChI=1S/C13H17ClFNO2S2/c1-9-5-12(6-10(7-14)13(9)15)20(17,18)16(2)11-3-4-19-8-11/h5-6,11H,3-4,7-8H2,1-2H3. The molecule has 0 N–H and O–H groups in total. The molecule has 0 aromatic heterocycles. The summed E-state index contributed by atoms with van der Waals surface area (Å²) in [4.78, 5) is 0.117. The van der Waals surface area contributed by atoms with E-state index in [4.69, 9.17) is 11.6 Å². The SMILES string of the molecule is Cc1cc(S(=O)(=O)N(C)C2CCSC2)cc(CCl)c1F. The predicted molar refractivity (Wildman–Crippen MR) is 81.4 cm³/mol. The Morgan fingerprint density at radius 3 is 2.75 bits per heavy atom. The average molecular weight is 338 g/mol. The number of sulfonamides is 1. The Hall–Kier alpha value is -0.300. The number of halogens is 2. The molecule has 2 rings (SSSR count). The van der Waals surface area contributed by atoms with Crippen LogP contribution >= 0.6 is 23.4 Å². The van der Waals surface area contributed by atoms with Gasteiger partial charge in [-0.1, -0.05) is 0 Å². The zero-order valence-electron chi connectivity index (χ0n) is 11.4. The summed E-state index contributed by atoms with van der Waals surface area (Å²) in [6.07, 6.45) is 0.850. The Morgan fingerprint density at radius 2 is 2.20 bits per heavy atom. The van der Waals surface area contributed by atoms with Gasteiger partial charge in [0.25, 0.3) is 0 Å². The molecule has 0 amide bonds. The molecule has 1 heterocycles. The van der Waals surface area contributed by atoms with E-state index in [0.29, 0.717) is 5.56 Å². The van der Waals surface area contributed by atoms with Crippen LogP contribution in [0, 0.1) is 12.7 Å². The van der Waals surface area contributed by atoms with Gasteiger partial charge in [-0.05, 0) is 36.8 Å². The van der Waals surface area contributed by atoms with Gasteiger partial charge in [0.1, 0.15) is 5.82 Å². The highest BCUT2D eigenvalue weighted by molar-refractivity contribution is 7.99. The summed E-state index contributed by atoms with van der Waals surface area (Å²) >= 11 is 7.43. The van der Waals surface area contributed by atoms with Crippen LogP contribution in [0.3, 0.4) is 0 Å². The van der Waals surface area contributed by atoms with E-state index in [1.165, 1.54) is 16.4 Å².